The number of carboxylic acid groups (broad SMARTS) is 1. The van der Waals surface area contributed by atoms with Crippen LogP contribution in [0.3, 0.4) is 0 Å². The third kappa shape index (κ3) is 5.13. The molecular weight excluding hydrogens is 286 g/mol. The second-order valence-electron chi connectivity index (χ2n) is 4.64. The Balaban J connectivity index is 0.00000441. The van der Waals surface area contributed by atoms with Crippen LogP contribution in [0.4, 0.5) is 0 Å². The van der Waals surface area contributed by atoms with Crippen LogP contribution >= 0.6 is 0 Å². The molecule has 0 aromatic heterocycles. The van der Waals surface area contributed by atoms with Crippen molar-refractivity contribution >= 4 is 11.8 Å². The predicted octanol–water partition coefficient (Wildman–Crippen LogP) is 1.87. The van der Waals surface area contributed by atoms with E-state index >= 15 is 0 Å². The average Bonchev–Trinajstić information content (AvgIpc) is 2.50. The zero-order chi connectivity index (χ0) is 15.8. The number of Topliss-reactive ketones (excluding diaryl/α,β-unsaturated/α-hetero) is 1. The third-order valence-corrected chi connectivity index (χ3v) is 3.42. The SMILES string of the molecule is CCC(=O)c1cccc(C(=O)O)c1OCCN(CC)CC.O. The first-order valence-corrected chi connectivity index (χ1v) is 7.29. The van der Waals surface area contributed by atoms with Gasteiger partial charge in [0, 0.05) is 13.0 Å². The number of hydrogen-bond donors (Lipinski definition) is 1. The highest BCUT2D eigenvalue weighted by Gasteiger charge is 2.19. The van der Waals surface area contributed by atoms with E-state index in [9.17, 15) is 14.7 Å². The first kappa shape index (κ1) is 20.1. The molecule has 0 amide bonds. The Kier molecular flexibility index (Phi) is 9.05. The highest BCUT2D eigenvalue weighted by molar-refractivity contribution is 6.02. The average molecular weight is 311 g/mol. The van der Waals surface area contributed by atoms with Crippen LogP contribution in [0.15, 0.2) is 18.2 Å². The zero-order valence-corrected chi connectivity index (χ0v) is 13.4. The molecule has 0 saturated carbocycles. The number of hydrogen-bond acceptors (Lipinski definition) is 4. The summed E-state index contributed by atoms with van der Waals surface area (Å²) < 4.78 is 5.64. The molecule has 1 aromatic rings. The van der Waals surface area contributed by atoms with Gasteiger partial charge < -0.3 is 20.2 Å². The van der Waals surface area contributed by atoms with Crippen molar-refractivity contribution in [1.29, 1.82) is 0 Å². The number of likely N-dealkylation sites (N-methyl/N-ethyl adjacent to an activating group) is 1. The number of para-hydroxylation sites is 1. The molecule has 1 aromatic carbocycles. The first-order valence-electron chi connectivity index (χ1n) is 7.29. The Morgan fingerprint density at radius 1 is 1.14 bits per heavy atom. The van der Waals surface area contributed by atoms with Gasteiger partial charge in [0.25, 0.3) is 0 Å². The fourth-order valence-electron chi connectivity index (χ4n) is 2.09. The fraction of sp³-hybridized carbons (Fsp3) is 0.500. The summed E-state index contributed by atoms with van der Waals surface area (Å²) in [5.41, 5.74) is 0.380. The minimum absolute atomic E-state index is 0. The molecule has 22 heavy (non-hydrogen) atoms. The molecule has 0 unspecified atom stereocenters. The van der Waals surface area contributed by atoms with Gasteiger partial charge in [-0.25, -0.2) is 4.79 Å². The summed E-state index contributed by atoms with van der Waals surface area (Å²) in [6.45, 7) is 8.72. The molecule has 1 rings (SSSR count). The van der Waals surface area contributed by atoms with Crippen LogP contribution in [-0.4, -0.2) is 53.5 Å². The van der Waals surface area contributed by atoms with E-state index in [-0.39, 0.29) is 22.6 Å². The number of benzene rings is 1. The maximum Gasteiger partial charge on any atom is 0.339 e. The quantitative estimate of drug-likeness (QED) is 0.702. The van der Waals surface area contributed by atoms with Gasteiger partial charge in [0.2, 0.25) is 0 Å². The van der Waals surface area contributed by atoms with Crippen molar-refractivity contribution in [2.24, 2.45) is 0 Å². The summed E-state index contributed by atoms with van der Waals surface area (Å²) in [5.74, 6) is -1.02. The van der Waals surface area contributed by atoms with E-state index in [1.807, 2.05) is 0 Å². The van der Waals surface area contributed by atoms with E-state index in [0.29, 0.717) is 25.1 Å². The number of carboxylic acids is 1. The molecule has 0 aliphatic carbocycles. The van der Waals surface area contributed by atoms with Crippen LogP contribution < -0.4 is 4.74 Å². The fourth-order valence-corrected chi connectivity index (χ4v) is 2.09. The van der Waals surface area contributed by atoms with E-state index in [1.165, 1.54) is 6.07 Å². The van der Waals surface area contributed by atoms with Gasteiger partial charge in [-0.05, 0) is 25.2 Å². The van der Waals surface area contributed by atoms with Gasteiger partial charge in [0.1, 0.15) is 17.9 Å². The van der Waals surface area contributed by atoms with Crippen molar-refractivity contribution in [2.45, 2.75) is 27.2 Å². The molecule has 0 fully saturated rings. The summed E-state index contributed by atoms with van der Waals surface area (Å²) in [5, 5.41) is 9.24. The molecule has 0 atom stereocenters. The lowest BCUT2D eigenvalue weighted by atomic mass is 10.0. The molecular formula is C16H25NO5. The van der Waals surface area contributed by atoms with Crippen LogP contribution in [0.1, 0.15) is 47.9 Å². The lowest BCUT2D eigenvalue weighted by Gasteiger charge is -2.19. The highest BCUT2D eigenvalue weighted by Crippen LogP contribution is 2.25. The van der Waals surface area contributed by atoms with Gasteiger partial charge in [0.05, 0.1) is 5.56 Å². The maximum atomic E-state index is 11.9. The first-order chi connectivity index (χ1) is 10.0. The molecule has 0 saturated heterocycles. The molecule has 6 heteroatoms. The van der Waals surface area contributed by atoms with Crippen molar-refractivity contribution in [1.82, 2.24) is 4.90 Å². The summed E-state index contributed by atoms with van der Waals surface area (Å²) in [6, 6.07) is 4.65. The molecule has 0 aliphatic heterocycles. The number of carbonyl (C=O) groups excluding carboxylic acids is 1. The lowest BCUT2D eigenvalue weighted by Crippen LogP contribution is -2.28. The number of aromatic carboxylic acids is 1. The third-order valence-electron chi connectivity index (χ3n) is 3.42. The molecule has 0 radical (unpaired) electrons. The molecule has 3 N–H and O–H groups in total. The summed E-state index contributed by atoms with van der Waals surface area (Å²) in [6.07, 6.45) is 0.315. The van der Waals surface area contributed by atoms with E-state index < -0.39 is 5.97 Å². The van der Waals surface area contributed by atoms with Gasteiger partial charge in [0.15, 0.2) is 5.78 Å². The molecule has 0 heterocycles. The van der Waals surface area contributed by atoms with Crippen LogP contribution in [-0.2, 0) is 0 Å². The van der Waals surface area contributed by atoms with Crippen LogP contribution in [0, 0.1) is 0 Å². The Bertz CT molecular complexity index is 497. The second-order valence-corrected chi connectivity index (χ2v) is 4.64. The summed E-state index contributed by atoms with van der Waals surface area (Å²) in [7, 11) is 0. The predicted molar refractivity (Wildman–Crippen MR) is 84.9 cm³/mol. The second kappa shape index (κ2) is 9.92. The summed E-state index contributed by atoms with van der Waals surface area (Å²) >= 11 is 0. The normalized spacial score (nSPS) is 10.2. The number of carbonyl (C=O) groups is 2. The standard InChI is InChI=1S/C16H23NO4.H2O/c1-4-14(18)12-8-7-9-13(16(19)20)15(12)21-11-10-17(5-2)6-3;/h7-9H,4-6,10-11H2,1-3H3,(H,19,20);1H2. The zero-order valence-electron chi connectivity index (χ0n) is 13.4. The topological polar surface area (TPSA) is 98.3 Å². The largest absolute Gasteiger partial charge is 0.491 e. The van der Waals surface area contributed by atoms with Gasteiger partial charge in [-0.2, -0.15) is 0 Å². The summed E-state index contributed by atoms with van der Waals surface area (Å²) in [4.78, 5) is 25.4. The Morgan fingerprint density at radius 3 is 2.23 bits per heavy atom. The Labute approximate surface area is 131 Å². The van der Waals surface area contributed by atoms with Crippen LogP contribution in [0.25, 0.3) is 0 Å². The number of rotatable bonds is 9. The van der Waals surface area contributed by atoms with Crippen LogP contribution in [0.5, 0.6) is 5.75 Å². The van der Waals surface area contributed by atoms with Gasteiger partial charge >= 0.3 is 5.97 Å². The van der Waals surface area contributed by atoms with Gasteiger partial charge in [-0.1, -0.05) is 26.8 Å². The smallest absolute Gasteiger partial charge is 0.339 e. The minimum Gasteiger partial charge on any atom is -0.491 e. The number of ether oxygens (including phenoxy) is 1. The van der Waals surface area contributed by atoms with Crippen molar-refractivity contribution in [3.05, 3.63) is 29.3 Å². The molecule has 0 spiro atoms. The lowest BCUT2D eigenvalue weighted by molar-refractivity contribution is 0.0691. The van der Waals surface area contributed by atoms with Crippen molar-refractivity contribution in [3.8, 4) is 5.75 Å². The van der Waals surface area contributed by atoms with Gasteiger partial charge in [-0.15, -0.1) is 0 Å². The Morgan fingerprint density at radius 2 is 1.73 bits per heavy atom. The van der Waals surface area contributed by atoms with Crippen molar-refractivity contribution < 1.29 is 24.9 Å². The molecule has 124 valence electrons. The monoisotopic (exact) mass is 311 g/mol. The van der Waals surface area contributed by atoms with E-state index in [4.69, 9.17) is 4.74 Å². The van der Waals surface area contributed by atoms with Crippen molar-refractivity contribution in [2.75, 3.05) is 26.2 Å². The van der Waals surface area contributed by atoms with E-state index in [0.717, 1.165) is 13.1 Å². The molecule has 0 bridgehead atoms. The minimum atomic E-state index is -1.08. The number of nitrogens with zero attached hydrogens (tertiary/aromatic N) is 1. The highest BCUT2D eigenvalue weighted by atomic mass is 16.5. The number of ketones is 1. The van der Waals surface area contributed by atoms with Gasteiger partial charge in [-0.3, -0.25) is 4.79 Å². The van der Waals surface area contributed by atoms with E-state index in [2.05, 4.69) is 18.7 Å². The van der Waals surface area contributed by atoms with Crippen molar-refractivity contribution in [3.63, 3.8) is 0 Å². The Hall–Kier alpha value is -1.92. The van der Waals surface area contributed by atoms with Crippen LogP contribution in [0.2, 0.25) is 0 Å². The molecule has 6 nitrogen and oxygen atoms in total. The maximum absolute atomic E-state index is 11.9. The molecule has 0 aliphatic rings. The van der Waals surface area contributed by atoms with E-state index in [1.54, 1.807) is 19.1 Å².